The minimum absolute atomic E-state index is 0.123. The van der Waals surface area contributed by atoms with E-state index < -0.39 is 0 Å². The van der Waals surface area contributed by atoms with Crippen molar-refractivity contribution in [1.29, 1.82) is 0 Å². The third kappa shape index (κ3) is 4.24. The van der Waals surface area contributed by atoms with Crippen molar-refractivity contribution in [3.8, 4) is 0 Å². The van der Waals surface area contributed by atoms with E-state index in [1.807, 2.05) is 13.8 Å². The molecule has 0 bridgehead atoms. The third-order valence-electron chi connectivity index (χ3n) is 2.16. The van der Waals surface area contributed by atoms with Gasteiger partial charge in [0, 0.05) is 6.54 Å². The number of hydrogen-bond donors (Lipinski definition) is 2. The molecule has 1 amide bonds. The first kappa shape index (κ1) is 13.1. The van der Waals surface area contributed by atoms with Gasteiger partial charge in [-0.05, 0) is 30.3 Å². The Kier molecular flexibility index (Phi) is 4.37. The average Bonchev–Trinajstić information content (AvgIpc) is 2.64. The number of rotatable bonds is 5. The van der Waals surface area contributed by atoms with Gasteiger partial charge in [0.05, 0.1) is 12.3 Å². The fourth-order valence-electron chi connectivity index (χ4n) is 1.55. The lowest BCUT2D eigenvalue weighted by Crippen LogP contribution is -2.35. The van der Waals surface area contributed by atoms with Crippen LogP contribution in [0.5, 0.6) is 0 Å². The minimum Gasteiger partial charge on any atom is -0.393 e. The monoisotopic (exact) mass is 243 g/mol. The number of aromatic nitrogens is 2. The lowest BCUT2D eigenvalue weighted by atomic mass is 9.87. The number of carbonyl (C=O) groups is 1. The first-order valence-corrected chi connectivity index (χ1v) is 5.92. The second-order valence-electron chi connectivity index (χ2n) is 4.68. The molecule has 0 fully saturated rings. The molecule has 0 aliphatic carbocycles. The van der Waals surface area contributed by atoms with Crippen LogP contribution in [-0.2, 0) is 0 Å². The molecule has 0 aliphatic rings. The third-order valence-corrected chi connectivity index (χ3v) is 2.82. The summed E-state index contributed by atoms with van der Waals surface area (Å²) in [5.41, 5.74) is -0.123. The molecular weight excluding hydrogens is 226 g/mol. The number of hydrogen-bond acceptors (Lipinski definition) is 5. The van der Waals surface area contributed by atoms with E-state index >= 15 is 0 Å². The first-order chi connectivity index (χ1) is 7.41. The molecule has 1 rings (SSSR count). The van der Waals surface area contributed by atoms with Crippen LogP contribution in [0, 0.1) is 5.41 Å². The highest BCUT2D eigenvalue weighted by atomic mass is 32.1. The van der Waals surface area contributed by atoms with Gasteiger partial charge in [-0.25, -0.2) is 0 Å². The smallest absolute Gasteiger partial charge is 0.264 e. The molecule has 0 saturated heterocycles. The van der Waals surface area contributed by atoms with Gasteiger partial charge in [0.15, 0.2) is 0 Å². The van der Waals surface area contributed by atoms with Crippen molar-refractivity contribution in [1.82, 2.24) is 14.9 Å². The molecule has 90 valence electrons. The van der Waals surface area contributed by atoms with Crippen molar-refractivity contribution < 1.29 is 9.90 Å². The highest BCUT2D eigenvalue weighted by molar-refractivity contribution is 7.07. The molecule has 0 radical (unpaired) electrons. The topological polar surface area (TPSA) is 75.1 Å². The fraction of sp³-hybridized carbons (Fsp3) is 0.700. The van der Waals surface area contributed by atoms with E-state index in [9.17, 15) is 9.90 Å². The lowest BCUT2D eigenvalue weighted by Gasteiger charge is -2.26. The van der Waals surface area contributed by atoms with E-state index in [0.29, 0.717) is 17.8 Å². The predicted molar refractivity (Wildman–Crippen MR) is 62.3 cm³/mol. The zero-order chi connectivity index (χ0) is 12.2. The van der Waals surface area contributed by atoms with Gasteiger partial charge >= 0.3 is 0 Å². The normalized spacial score (nSPS) is 13.5. The van der Waals surface area contributed by atoms with Gasteiger partial charge in [-0.3, -0.25) is 4.79 Å². The quantitative estimate of drug-likeness (QED) is 0.811. The number of amides is 1. The highest BCUT2D eigenvalue weighted by Crippen LogP contribution is 2.21. The Morgan fingerprint density at radius 2 is 2.38 bits per heavy atom. The van der Waals surface area contributed by atoms with Crippen LogP contribution in [0.2, 0.25) is 0 Å². The zero-order valence-corrected chi connectivity index (χ0v) is 10.5. The van der Waals surface area contributed by atoms with Crippen molar-refractivity contribution in [3.63, 3.8) is 0 Å². The Bertz CT molecular complexity index is 336. The lowest BCUT2D eigenvalue weighted by molar-refractivity contribution is 0.0905. The van der Waals surface area contributed by atoms with Crippen molar-refractivity contribution in [2.45, 2.75) is 33.3 Å². The molecule has 1 heterocycles. The van der Waals surface area contributed by atoms with Crippen molar-refractivity contribution >= 4 is 17.4 Å². The molecule has 6 heteroatoms. The number of aliphatic hydroxyl groups excluding tert-OH is 1. The molecule has 0 aromatic carbocycles. The molecule has 1 unspecified atom stereocenters. The van der Waals surface area contributed by atoms with Gasteiger partial charge in [0.1, 0.15) is 4.88 Å². The standard InChI is InChI=1S/C10H17N3O2S/c1-7(14)4-10(2,3)6-11-9(15)8-5-12-13-16-8/h5,7,14H,4,6H2,1-3H3,(H,11,15). The van der Waals surface area contributed by atoms with E-state index in [2.05, 4.69) is 14.9 Å². The second kappa shape index (κ2) is 5.36. The Balaban J connectivity index is 2.42. The van der Waals surface area contributed by atoms with Gasteiger partial charge in [-0.2, -0.15) is 0 Å². The highest BCUT2D eigenvalue weighted by Gasteiger charge is 2.21. The van der Waals surface area contributed by atoms with E-state index in [1.165, 1.54) is 6.20 Å². The van der Waals surface area contributed by atoms with Crippen molar-refractivity contribution in [3.05, 3.63) is 11.1 Å². The Morgan fingerprint density at radius 1 is 1.69 bits per heavy atom. The van der Waals surface area contributed by atoms with Crippen molar-refractivity contribution in [2.24, 2.45) is 5.41 Å². The summed E-state index contributed by atoms with van der Waals surface area (Å²) in [6, 6.07) is 0. The van der Waals surface area contributed by atoms with Gasteiger partial charge in [0.25, 0.3) is 5.91 Å². The number of aliphatic hydroxyl groups is 1. The SMILES string of the molecule is CC(O)CC(C)(C)CNC(=O)c1cnns1. The van der Waals surface area contributed by atoms with Crippen LogP contribution in [0.15, 0.2) is 6.20 Å². The summed E-state index contributed by atoms with van der Waals surface area (Å²) in [6.07, 6.45) is 1.73. The molecule has 1 atom stereocenters. The molecular formula is C10H17N3O2S. The molecule has 0 aliphatic heterocycles. The predicted octanol–water partition coefficient (Wildman–Crippen LogP) is 1.06. The van der Waals surface area contributed by atoms with Crippen molar-refractivity contribution in [2.75, 3.05) is 6.54 Å². The van der Waals surface area contributed by atoms with Crippen LogP contribution in [0.4, 0.5) is 0 Å². The summed E-state index contributed by atoms with van der Waals surface area (Å²) in [6.45, 7) is 6.28. The maximum Gasteiger partial charge on any atom is 0.264 e. The van der Waals surface area contributed by atoms with Gasteiger partial charge < -0.3 is 10.4 Å². The largest absolute Gasteiger partial charge is 0.393 e. The van der Waals surface area contributed by atoms with Crippen LogP contribution in [0.1, 0.15) is 36.9 Å². The van der Waals surface area contributed by atoms with Crippen LogP contribution in [0.3, 0.4) is 0 Å². The van der Waals surface area contributed by atoms with E-state index in [-0.39, 0.29) is 17.4 Å². The minimum atomic E-state index is -0.364. The maximum absolute atomic E-state index is 11.6. The van der Waals surface area contributed by atoms with E-state index in [0.717, 1.165) is 11.5 Å². The molecule has 1 aromatic heterocycles. The van der Waals surface area contributed by atoms with Gasteiger partial charge in [0.2, 0.25) is 0 Å². The van der Waals surface area contributed by atoms with Crippen LogP contribution in [-0.4, -0.2) is 33.2 Å². The Hall–Kier alpha value is -1.01. The van der Waals surface area contributed by atoms with E-state index in [1.54, 1.807) is 6.92 Å². The number of nitrogens with one attached hydrogen (secondary N) is 1. The summed E-state index contributed by atoms with van der Waals surface area (Å²) >= 11 is 1.07. The zero-order valence-electron chi connectivity index (χ0n) is 9.73. The summed E-state index contributed by atoms with van der Waals surface area (Å²) < 4.78 is 3.63. The Labute approximate surface area is 99.0 Å². The molecule has 5 nitrogen and oxygen atoms in total. The Morgan fingerprint density at radius 3 is 2.88 bits per heavy atom. The van der Waals surface area contributed by atoms with Crippen LogP contribution in [0.25, 0.3) is 0 Å². The maximum atomic E-state index is 11.6. The second-order valence-corrected chi connectivity index (χ2v) is 5.47. The summed E-state index contributed by atoms with van der Waals surface area (Å²) in [5.74, 6) is -0.159. The van der Waals surface area contributed by atoms with Gasteiger partial charge in [-0.15, -0.1) is 5.10 Å². The molecule has 16 heavy (non-hydrogen) atoms. The molecule has 1 aromatic rings. The van der Waals surface area contributed by atoms with Crippen LogP contribution < -0.4 is 5.32 Å². The molecule has 0 saturated carbocycles. The van der Waals surface area contributed by atoms with Gasteiger partial charge in [-0.1, -0.05) is 18.3 Å². The average molecular weight is 243 g/mol. The fourth-order valence-corrected chi connectivity index (χ4v) is 1.98. The summed E-state index contributed by atoms with van der Waals surface area (Å²) in [5, 5.41) is 15.7. The molecule has 2 N–H and O–H groups in total. The summed E-state index contributed by atoms with van der Waals surface area (Å²) in [7, 11) is 0. The molecule has 0 spiro atoms. The number of nitrogens with zero attached hydrogens (tertiary/aromatic N) is 2. The van der Waals surface area contributed by atoms with E-state index in [4.69, 9.17) is 0 Å². The number of carbonyl (C=O) groups excluding carboxylic acids is 1. The first-order valence-electron chi connectivity index (χ1n) is 5.14. The van der Waals surface area contributed by atoms with Crippen LogP contribution >= 0.6 is 11.5 Å². The summed E-state index contributed by atoms with van der Waals surface area (Å²) in [4.78, 5) is 12.1.